The van der Waals surface area contributed by atoms with Crippen molar-refractivity contribution in [2.45, 2.75) is 39.3 Å². The third kappa shape index (κ3) is 8.30. The van der Waals surface area contributed by atoms with Gasteiger partial charge in [0, 0.05) is 24.2 Å². The largest absolute Gasteiger partial charge is 0.397 e. The Morgan fingerprint density at radius 3 is 2.19 bits per heavy atom. The molecule has 0 heterocycles. The Hall–Kier alpha value is -3.06. The van der Waals surface area contributed by atoms with Crippen molar-refractivity contribution < 1.29 is 9.59 Å². The van der Waals surface area contributed by atoms with Gasteiger partial charge < -0.3 is 26.2 Å². The van der Waals surface area contributed by atoms with Gasteiger partial charge in [0.15, 0.2) is 0 Å². The average molecular weight is 426 g/mol. The van der Waals surface area contributed by atoms with Crippen LogP contribution in [0.25, 0.3) is 0 Å². The number of hydrogen-bond donors (Lipinski definition) is 3. The van der Waals surface area contributed by atoms with Gasteiger partial charge in [0.2, 0.25) is 0 Å². The minimum Gasteiger partial charge on any atom is -0.397 e. The Bertz CT molecular complexity index is 872. The smallest absolute Gasteiger partial charge is 0.318 e. The molecule has 0 radical (unpaired) electrons. The molecule has 0 fully saturated rings. The number of amides is 3. The van der Waals surface area contributed by atoms with Crippen molar-refractivity contribution in [2.24, 2.45) is 0 Å². The number of urea groups is 1. The molecule has 0 aliphatic rings. The summed E-state index contributed by atoms with van der Waals surface area (Å²) >= 11 is 0. The molecule has 4 N–H and O–H groups in total. The van der Waals surface area contributed by atoms with Crippen molar-refractivity contribution in [3.05, 3.63) is 59.7 Å². The summed E-state index contributed by atoms with van der Waals surface area (Å²) in [4.78, 5) is 29.2. The lowest BCUT2D eigenvalue weighted by Crippen LogP contribution is -2.48. The molecule has 0 saturated carbocycles. The molecule has 2 aromatic carbocycles. The summed E-state index contributed by atoms with van der Waals surface area (Å²) in [6.07, 6.45) is 0.879. The topological polar surface area (TPSA) is 90.7 Å². The van der Waals surface area contributed by atoms with Crippen LogP contribution in [0.4, 0.5) is 16.2 Å². The number of nitrogens with zero attached hydrogens (tertiary/aromatic N) is 2. The first kappa shape index (κ1) is 24.2. The van der Waals surface area contributed by atoms with Crippen molar-refractivity contribution >= 4 is 23.3 Å². The molecule has 7 nitrogen and oxygen atoms in total. The lowest BCUT2D eigenvalue weighted by atomic mass is 10.1. The number of carbonyl (C=O) groups excluding carboxylic acids is 2. The molecule has 0 atom stereocenters. The number of anilines is 2. The summed E-state index contributed by atoms with van der Waals surface area (Å²) in [5.41, 5.74) is 8.19. The fourth-order valence-corrected chi connectivity index (χ4v) is 3.02. The third-order valence-electron chi connectivity index (χ3n) is 4.60. The molecule has 168 valence electrons. The predicted octanol–water partition coefficient (Wildman–Crippen LogP) is 3.78. The summed E-state index contributed by atoms with van der Waals surface area (Å²) in [6.45, 7) is 7.93. The summed E-state index contributed by atoms with van der Waals surface area (Å²) in [6, 6.07) is 14.4. The highest BCUT2D eigenvalue weighted by Gasteiger charge is 2.20. The lowest BCUT2D eigenvalue weighted by Gasteiger charge is -2.29. The standard InChI is InChI=1S/C24H35N5O2/c1-24(2,3)27-23(31)29(16-8-15-28(4)5)17-18-11-13-19(14-12-18)22(30)26-21-10-7-6-9-20(21)25/h6-7,9-14H,8,15-17,25H2,1-5H3,(H,26,30)(H,27,31). The molecule has 0 bridgehead atoms. The van der Waals surface area contributed by atoms with E-state index in [1.807, 2.05) is 64.0 Å². The predicted molar refractivity (Wildman–Crippen MR) is 127 cm³/mol. The monoisotopic (exact) mass is 425 g/mol. The van der Waals surface area contributed by atoms with Crippen LogP contribution in [-0.4, -0.2) is 54.5 Å². The molecule has 0 aliphatic heterocycles. The van der Waals surface area contributed by atoms with E-state index in [0.717, 1.165) is 18.5 Å². The summed E-state index contributed by atoms with van der Waals surface area (Å²) < 4.78 is 0. The summed E-state index contributed by atoms with van der Waals surface area (Å²) in [5, 5.41) is 5.86. The maximum atomic E-state index is 12.8. The minimum atomic E-state index is -0.307. The van der Waals surface area contributed by atoms with Crippen LogP contribution in [-0.2, 0) is 6.54 Å². The molecular formula is C24H35N5O2. The molecule has 0 saturated heterocycles. The van der Waals surface area contributed by atoms with E-state index in [-0.39, 0.29) is 17.5 Å². The molecular weight excluding hydrogens is 390 g/mol. The van der Waals surface area contributed by atoms with Gasteiger partial charge in [-0.1, -0.05) is 24.3 Å². The molecule has 0 unspecified atom stereocenters. The normalized spacial score (nSPS) is 11.3. The van der Waals surface area contributed by atoms with Crippen molar-refractivity contribution in [1.82, 2.24) is 15.1 Å². The highest BCUT2D eigenvalue weighted by molar-refractivity contribution is 6.05. The van der Waals surface area contributed by atoms with Gasteiger partial charge >= 0.3 is 6.03 Å². The lowest BCUT2D eigenvalue weighted by molar-refractivity contribution is 0.102. The van der Waals surface area contributed by atoms with Gasteiger partial charge in [0.05, 0.1) is 11.4 Å². The molecule has 0 aromatic heterocycles. The minimum absolute atomic E-state index is 0.0902. The summed E-state index contributed by atoms with van der Waals surface area (Å²) in [7, 11) is 4.04. The Morgan fingerprint density at radius 1 is 0.968 bits per heavy atom. The number of benzene rings is 2. The second-order valence-electron chi connectivity index (χ2n) is 9.00. The van der Waals surface area contributed by atoms with Crippen LogP contribution < -0.4 is 16.4 Å². The van der Waals surface area contributed by atoms with E-state index in [9.17, 15) is 9.59 Å². The van der Waals surface area contributed by atoms with Crippen molar-refractivity contribution in [3.63, 3.8) is 0 Å². The first-order valence-electron chi connectivity index (χ1n) is 10.5. The van der Waals surface area contributed by atoms with Gasteiger partial charge in [-0.05, 0) is 77.7 Å². The Morgan fingerprint density at radius 2 is 1.61 bits per heavy atom. The van der Waals surface area contributed by atoms with Crippen molar-refractivity contribution in [3.8, 4) is 0 Å². The van der Waals surface area contributed by atoms with E-state index >= 15 is 0 Å². The fourth-order valence-electron chi connectivity index (χ4n) is 3.02. The molecule has 3 amide bonds. The molecule has 7 heteroatoms. The maximum Gasteiger partial charge on any atom is 0.318 e. The molecule has 2 aromatic rings. The van der Waals surface area contributed by atoms with Gasteiger partial charge in [-0.25, -0.2) is 4.79 Å². The fraction of sp³-hybridized carbons (Fsp3) is 0.417. The van der Waals surface area contributed by atoms with E-state index in [4.69, 9.17) is 5.73 Å². The van der Waals surface area contributed by atoms with Gasteiger partial charge in [-0.15, -0.1) is 0 Å². The number of nitrogens with two attached hydrogens (primary N) is 1. The molecule has 2 rings (SSSR count). The highest BCUT2D eigenvalue weighted by atomic mass is 16.2. The summed E-state index contributed by atoms with van der Waals surface area (Å²) in [5.74, 6) is -0.224. The Balaban J connectivity index is 2.05. The van der Waals surface area contributed by atoms with E-state index < -0.39 is 0 Å². The molecule has 31 heavy (non-hydrogen) atoms. The zero-order valence-electron chi connectivity index (χ0n) is 19.2. The van der Waals surface area contributed by atoms with Crippen LogP contribution in [0.3, 0.4) is 0 Å². The highest BCUT2D eigenvalue weighted by Crippen LogP contribution is 2.18. The molecule has 0 aliphatic carbocycles. The quantitative estimate of drug-likeness (QED) is 0.561. The van der Waals surface area contributed by atoms with Crippen LogP contribution in [0.2, 0.25) is 0 Å². The van der Waals surface area contributed by atoms with Crippen LogP contribution in [0.15, 0.2) is 48.5 Å². The average Bonchev–Trinajstić information content (AvgIpc) is 2.68. The SMILES string of the molecule is CN(C)CCCN(Cc1ccc(C(=O)Nc2ccccc2N)cc1)C(=O)NC(C)(C)C. The van der Waals surface area contributed by atoms with Crippen LogP contribution in [0.5, 0.6) is 0 Å². The number of nitrogen functional groups attached to an aromatic ring is 1. The first-order valence-corrected chi connectivity index (χ1v) is 10.5. The van der Waals surface area contributed by atoms with Crippen molar-refractivity contribution in [2.75, 3.05) is 38.2 Å². The third-order valence-corrected chi connectivity index (χ3v) is 4.60. The van der Waals surface area contributed by atoms with Crippen molar-refractivity contribution in [1.29, 1.82) is 0 Å². The van der Waals surface area contributed by atoms with Gasteiger partial charge in [0.25, 0.3) is 5.91 Å². The van der Waals surface area contributed by atoms with Gasteiger partial charge in [-0.3, -0.25) is 4.79 Å². The van der Waals surface area contributed by atoms with Crippen LogP contribution >= 0.6 is 0 Å². The number of para-hydroxylation sites is 2. The van der Waals surface area contributed by atoms with Crippen LogP contribution in [0.1, 0.15) is 43.1 Å². The van der Waals surface area contributed by atoms with E-state index in [0.29, 0.717) is 30.0 Å². The number of carbonyl (C=O) groups is 2. The van der Waals surface area contributed by atoms with E-state index in [2.05, 4.69) is 15.5 Å². The number of hydrogen-bond acceptors (Lipinski definition) is 4. The Labute approximate surface area is 185 Å². The zero-order valence-corrected chi connectivity index (χ0v) is 19.2. The number of rotatable bonds is 8. The van der Waals surface area contributed by atoms with E-state index in [1.165, 1.54) is 0 Å². The zero-order chi connectivity index (χ0) is 23.0. The molecule has 0 spiro atoms. The van der Waals surface area contributed by atoms with Gasteiger partial charge in [-0.2, -0.15) is 0 Å². The van der Waals surface area contributed by atoms with E-state index in [1.54, 1.807) is 24.3 Å². The van der Waals surface area contributed by atoms with Crippen LogP contribution in [0, 0.1) is 0 Å². The number of nitrogens with one attached hydrogen (secondary N) is 2. The first-order chi connectivity index (χ1) is 14.5. The Kier molecular flexibility index (Phi) is 8.45. The maximum absolute atomic E-state index is 12.8. The van der Waals surface area contributed by atoms with Gasteiger partial charge in [0.1, 0.15) is 0 Å². The second-order valence-corrected chi connectivity index (χ2v) is 9.00. The second kappa shape index (κ2) is 10.8.